The number of carbonyl (C=O) groups is 1. The average molecular weight is 466 g/mol. The Morgan fingerprint density at radius 2 is 1.85 bits per heavy atom. The number of hydrogen-bond acceptors (Lipinski definition) is 6. The summed E-state index contributed by atoms with van der Waals surface area (Å²) in [6.07, 6.45) is 1.43. The summed E-state index contributed by atoms with van der Waals surface area (Å²) in [6.45, 7) is 6.98. The molecule has 0 unspecified atom stereocenters. The Morgan fingerprint density at radius 3 is 2.38 bits per heavy atom. The monoisotopic (exact) mass is 465 g/mol. The van der Waals surface area contributed by atoms with E-state index < -0.39 is 5.60 Å². The maximum absolute atomic E-state index is 12.0. The first-order chi connectivity index (χ1) is 11.7. The Labute approximate surface area is 175 Å². The number of hydroxylamine groups is 1. The number of nitrogens with zero attached hydrogens (tertiary/aromatic N) is 2. The van der Waals surface area contributed by atoms with Crippen LogP contribution in [0.4, 0.5) is 10.5 Å². The molecule has 26 heavy (non-hydrogen) atoms. The van der Waals surface area contributed by atoms with Crippen LogP contribution < -0.4 is 9.79 Å². The molecule has 1 heterocycles. The molecule has 1 N–H and O–H groups in total. The second kappa shape index (κ2) is 10.7. The van der Waals surface area contributed by atoms with Crippen LogP contribution in [0.2, 0.25) is 0 Å². The molecule has 1 aliphatic heterocycles. The molecule has 1 aromatic rings. The number of halogens is 1. The molecule has 0 aromatic heterocycles. The van der Waals surface area contributed by atoms with Gasteiger partial charge in [-0.2, -0.15) is 19.0 Å². The molecule has 0 saturated carbocycles. The molecule has 1 amide bonds. The lowest BCUT2D eigenvalue weighted by Crippen LogP contribution is -2.46. The molecule has 1 aromatic carbocycles. The van der Waals surface area contributed by atoms with Crippen molar-refractivity contribution in [1.82, 2.24) is 10.4 Å². The number of benzene rings is 1. The normalized spacial score (nSPS) is 15.3. The molecule has 0 spiro atoms. The fourth-order valence-electron chi connectivity index (χ4n) is 2.35. The van der Waals surface area contributed by atoms with E-state index in [0.717, 1.165) is 23.0 Å². The van der Waals surface area contributed by atoms with Crippen molar-refractivity contribution in [3.05, 3.63) is 28.7 Å². The third-order valence-electron chi connectivity index (χ3n) is 3.70. The van der Waals surface area contributed by atoms with Crippen molar-refractivity contribution < 1.29 is 13.8 Å². The highest BCUT2D eigenvalue weighted by atomic mass is 79.9. The highest BCUT2D eigenvalue weighted by molar-refractivity contribution is 9.10. The van der Waals surface area contributed by atoms with Gasteiger partial charge in [-0.1, -0.05) is 15.9 Å². The number of piperidine rings is 1. The summed E-state index contributed by atoms with van der Waals surface area (Å²) in [5.74, 6) is 0. The zero-order chi connectivity index (χ0) is 18.4. The van der Waals surface area contributed by atoms with Crippen molar-refractivity contribution in [2.75, 3.05) is 24.4 Å². The molecule has 9 heteroatoms. The molecule has 0 radical (unpaired) electrons. The maximum Gasteiger partial charge on any atom is 0.410 e. The maximum atomic E-state index is 12.0. The van der Waals surface area contributed by atoms with Crippen molar-refractivity contribution in [1.29, 1.82) is 0 Å². The van der Waals surface area contributed by atoms with Gasteiger partial charge in [0.05, 0.1) is 0 Å². The minimum absolute atomic E-state index is 0. The predicted octanol–water partition coefficient (Wildman–Crippen LogP) is 4.48. The van der Waals surface area contributed by atoms with Gasteiger partial charge in [0.15, 0.2) is 0 Å². The summed E-state index contributed by atoms with van der Waals surface area (Å²) in [6, 6.07) is 8.24. The topological polar surface area (TPSA) is 54.0 Å². The van der Waals surface area contributed by atoms with Gasteiger partial charge in [0.1, 0.15) is 17.8 Å². The fourth-order valence-corrected chi connectivity index (χ4v) is 3.11. The molecule has 1 fully saturated rings. The van der Waals surface area contributed by atoms with Crippen molar-refractivity contribution in [3.8, 4) is 0 Å². The van der Waals surface area contributed by atoms with Gasteiger partial charge in [-0.15, -0.1) is 0 Å². The smallest absolute Gasteiger partial charge is 0.410 e. The van der Waals surface area contributed by atoms with Gasteiger partial charge >= 0.3 is 6.09 Å². The third kappa shape index (κ3) is 7.96. The minimum atomic E-state index is -0.455. The number of amides is 1. The number of nitrogens with one attached hydrogen (secondary N) is 1. The van der Waals surface area contributed by atoms with Crippen LogP contribution in [-0.2, 0) is 9.02 Å². The summed E-state index contributed by atoms with van der Waals surface area (Å²) in [7, 11) is 1.95. The van der Waals surface area contributed by atoms with Crippen LogP contribution in [0.5, 0.6) is 0 Å². The molecule has 148 valence electrons. The number of hydrogen-bond donors (Lipinski definition) is 1. The Bertz CT molecular complexity index is 561. The van der Waals surface area contributed by atoms with Crippen LogP contribution in [0.1, 0.15) is 33.6 Å². The lowest BCUT2D eigenvalue weighted by molar-refractivity contribution is 0.0165. The summed E-state index contributed by atoms with van der Waals surface area (Å²) < 4.78 is 13.9. The summed E-state index contributed by atoms with van der Waals surface area (Å²) in [5, 5.41) is 0. The van der Waals surface area contributed by atoms with Gasteiger partial charge in [0.25, 0.3) is 0 Å². The van der Waals surface area contributed by atoms with Crippen LogP contribution in [0.15, 0.2) is 28.7 Å². The van der Waals surface area contributed by atoms with E-state index in [0.29, 0.717) is 13.1 Å². The Morgan fingerprint density at radius 1 is 1.27 bits per heavy atom. The summed E-state index contributed by atoms with van der Waals surface area (Å²) >= 11 is 4.67. The van der Waals surface area contributed by atoms with E-state index in [1.165, 1.54) is 12.2 Å². The van der Waals surface area contributed by atoms with Crippen molar-refractivity contribution in [2.45, 2.75) is 45.3 Å². The molecule has 6 nitrogen and oxygen atoms in total. The van der Waals surface area contributed by atoms with Crippen LogP contribution in [0.3, 0.4) is 0 Å². The first-order valence-electron chi connectivity index (χ1n) is 8.31. The predicted molar refractivity (Wildman–Crippen MR) is 116 cm³/mol. The van der Waals surface area contributed by atoms with E-state index in [2.05, 4.69) is 21.4 Å². The van der Waals surface area contributed by atoms with E-state index in [1.807, 2.05) is 56.4 Å². The second-order valence-corrected chi connectivity index (χ2v) is 8.77. The Hall–Kier alpha value is -0.610. The number of anilines is 1. The molecule has 0 bridgehead atoms. The Balaban J connectivity index is 0.00000338. The van der Waals surface area contributed by atoms with Crippen LogP contribution in [0, 0.1) is 0 Å². The Kier molecular flexibility index (Phi) is 9.60. The van der Waals surface area contributed by atoms with E-state index >= 15 is 0 Å². The number of carbonyl (C=O) groups excluding carboxylic acids is 1. The first-order valence-corrected chi connectivity index (χ1v) is 9.80. The number of ether oxygens (including phenoxy) is 1. The first kappa shape index (κ1) is 23.4. The lowest BCUT2D eigenvalue weighted by atomic mass is 10.1. The highest BCUT2D eigenvalue weighted by Crippen LogP contribution is 2.23. The largest absolute Gasteiger partial charge is 0.444 e. The minimum Gasteiger partial charge on any atom is -0.444 e. The van der Waals surface area contributed by atoms with Crippen molar-refractivity contribution >= 4 is 53.4 Å². The molecular formula is C17H28BrN3O3S2. The third-order valence-corrected chi connectivity index (χ3v) is 4.83. The second-order valence-electron chi connectivity index (χ2n) is 6.99. The van der Waals surface area contributed by atoms with Gasteiger partial charge in [-0.3, -0.25) is 4.31 Å². The van der Waals surface area contributed by atoms with Gasteiger partial charge in [-0.25, -0.2) is 9.08 Å². The number of likely N-dealkylation sites (tertiary alicyclic amines) is 1. The molecule has 2 rings (SSSR count). The van der Waals surface area contributed by atoms with Gasteiger partial charge in [0, 0.05) is 36.3 Å². The highest BCUT2D eigenvalue weighted by Gasteiger charge is 2.27. The van der Waals surface area contributed by atoms with Gasteiger partial charge < -0.3 is 9.64 Å². The molecule has 1 aliphatic rings. The fraction of sp³-hybridized carbons (Fsp3) is 0.588. The van der Waals surface area contributed by atoms with E-state index in [1.54, 1.807) is 4.90 Å². The zero-order valence-electron chi connectivity index (χ0n) is 15.6. The molecule has 0 aliphatic carbocycles. The number of rotatable bonds is 5. The van der Waals surface area contributed by atoms with Crippen molar-refractivity contribution in [3.63, 3.8) is 0 Å². The van der Waals surface area contributed by atoms with Crippen LogP contribution >= 0.6 is 41.7 Å². The average Bonchev–Trinajstić information content (AvgIpc) is 2.54. The SMILES string of the molecule is CN(SONC1CCN(C(=O)OC(C)(C)C)CC1)c1ccc(Br)cc1.S. The van der Waals surface area contributed by atoms with E-state index in [9.17, 15) is 4.79 Å². The van der Waals surface area contributed by atoms with Crippen molar-refractivity contribution in [2.24, 2.45) is 0 Å². The van der Waals surface area contributed by atoms with Gasteiger partial charge in [-0.05, 0) is 57.9 Å². The lowest BCUT2D eigenvalue weighted by Gasteiger charge is -2.33. The standard InChI is InChI=1S/C17H26BrN3O3S.H2S/c1-17(2,3)23-16(22)21-11-9-14(10-12-21)19-24-25-20(4)15-7-5-13(18)6-8-15;/h5-8,14,19H,9-12H2,1-4H3;1H2. The molecule has 0 atom stereocenters. The van der Waals surface area contributed by atoms with E-state index in [-0.39, 0.29) is 25.6 Å². The van der Waals surface area contributed by atoms with Crippen LogP contribution in [-0.4, -0.2) is 42.8 Å². The molecule has 1 saturated heterocycles. The van der Waals surface area contributed by atoms with Gasteiger partial charge in [0.2, 0.25) is 0 Å². The van der Waals surface area contributed by atoms with E-state index in [4.69, 9.17) is 9.02 Å². The molecular weight excluding hydrogens is 438 g/mol. The summed E-state index contributed by atoms with van der Waals surface area (Å²) in [4.78, 5) is 13.8. The summed E-state index contributed by atoms with van der Waals surface area (Å²) in [5.41, 5.74) is 3.67. The zero-order valence-corrected chi connectivity index (χ0v) is 19.0. The van der Waals surface area contributed by atoms with Crippen LogP contribution in [0.25, 0.3) is 0 Å². The quantitative estimate of drug-likeness (QED) is 0.392.